The molecule has 6 rings (SSSR count). The summed E-state index contributed by atoms with van der Waals surface area (Å²) in [6, 6.07) is 16.2. The summed E-state index contributed by atoms with van der Waals surface area (Å²) in [5, 5.41) is 21.1. The number of nitrogens with zero attached hydrogens (tertiary/aromatic N) is 3. The molecule has 2 N–H and O–H groups in total. The number of aromatic nitrogens is 1. The van der Waals surface area contributed by atoms with Crippen LogP contribution in [-0.4, -0.2) is 55.0 Å². The molecular formula is C37H44N4O6. The predicted octanol–water partition coefficient (Wildman–Crippen LogP) is 6.68. The molecule has 3 aromatic rings. The lowest BCUT2D eigenvalue weighted by Crippen LogP contribution is -2.42. The Bertz CT molecular complexity index is 1580. The first-order valence-electron chi connectivity index (χ1n) is 17.0. The molecule has 2 amide bonds. The Morgan fingerprint density at radius 2 is 1.79 bits per heavy atom. The number of aliphatic hydroxyl groups is 1. The summed E-state index contributed by atoms with van der Waals surface area (Å²) < 4.78 is 16.6. The van der Waals surface area contributed by atoms with Crippen LogP contribution < -0.4 is 15.0 Å². The maximum absolute atomic E-state index is 14.3. The van der Waals surface area contributed by atoms with Gasteiger partial charge in [0.1, 0.15) is 29.9 Å². The van der Waals surface area contributed by atoms with Crippen molar-refractivity contribution in [3.63, 3.8) is 0 Å². The number of anilines is 1. The van der Waals surface area contributed by atoms with Gasteiger partial charge in [0.15, 0.2) is 5.89 Å². The molecule has 3 aliphatic rings. The zero-order chi connectivity index (χ0) is 32.8. The fourth-order valence-electron chi connectivity index (χ4n) is 7.10. The van der Waals surface area contributed by atoms with E-state index in [1.165, 1.54) is 5.56 Å². The third kappa shape index (κ3) is 7.96. The molecule has 0 radical (unpaired) electrons. The molecule has 248 valence electrons. The topological polar surface area (TPSA) is 138 Å². The van der Waals surface area contributed by atoms with Gasteiger partial charge in [-0.05, 0) is 106 Å². The largest absolute Gasteiger partial charge is 0.495 e. The summed E-state index contributed by atoms with van der Waals surface area (Å²) in [5.74, 6) is 2.47. The van der Waals surface area contributed by atoms with Crippen molar-refractivity contribution < 1.29 is 28.6 Å². The van der Waals surface area contributed by atoms with E-state index >= 15 is 0 Å². The molecule has 10 nitrogen and oxygen atoms in total. The molecule has 0 bridgehead atoms. The van der Waals surface area contributed by atoms with Gasteiger partial charge in [-0.25, -0.2) is 9.78 Å². The molecule has 0 aliphatic heterocycles. The van der Waals surface area contributed by atoms with Crippen molar-refractivity contribution in [3.05, 3.63) is 65.7 Å². The van der Waals surface area contributed by atoms with Gasteiger partial charge < -0.3 is 29.2 Å². The highest BCUT2D eigenvalue weighted by molar-refractivity contribution is 5.95. The maximum atomic E-state index is 14.3. The molecular weight excluding hydrogens is 596 g/mol. The average molecular weight is 641 g/mol. The number of carbonyl (C=O) groups is 2. The SMILES string of the molecule is COc1ccc([C@H]2CC[C@H](CN(c3cccc(-c4coc(C5CC5)n4)c3)C(=O)[C@H]3CC[C@H](OC(=O)NCCO)CC3)CC2)cc1C#N. The number of ether oxygens (including phenoxy) is 2. The number of aliphatic hydroxyl groups excluding tert-OH is 1. The Labute approximate surface area is 276 Å². The quantitative estimate of drug-likeness (QED) is 0.237. The second-order valence-electron chi connectivity index (χ2n) is 13.2. The molecule has 1 aromatic heterocycles. The van der Waals surface area contributed by atoms with Crippen LogP contribution in [0.4, 0.5) is 10.5 Å². The second kappa shape index (κ2) is 15.0. The third-order valence-corrected chi connectivity index (χ3v) is 9.95. The summed E-state index contributed by atoms with van der Waals surface area (Å²) >= 11 is 0. The number of nitrogens with one attached hydrogen (secondary N) is 1. The van der Waals surface area contributed by atoms with Gasteiger partial charge in [-0.1, -0.05) is 18.2 Å². The molecule has 47 heavy (non-hydrogen) atoms. The zero-order valence-corrected chi connectivity index (χ0v) is 27.0. The van der Waals surface area contributed by atoms with Crippen LogP contribution in [0, 0.1) is 23.2 Å². The van der Waals surface area contributed by atoms with Crippen molar-refractivity contribution in [3.8, 4) is 23.1 Å². The second-order valence-corrected chi connectivity index (χ2v) is 13.2. The number of nitriles is 1. The van der Waals surface area contributed by atoms with Crippen LogP contribution in [0.2, 0.25) is 0 Å². The van der Waals surface area contributed by atoms with Gasteiger partial charge >= 0.3 is 6.09 Å². The van der Waals surface area contributed by atoms with E-state index in [-0.39, 0.29) is 31.1 Å². The van der Waals surface area contributed by atoms with Gasteiger partial charge in [0.25, 0.3) is 0 Å². The molecule has 0 atom stereocenters. The van der Waals surface area contributed by atoms with Crippen LogP contribution in [0.25, 0.3) is 11.3 Å². The molecule has 0 saturated heterocycles. The lowest BCUT2D eigenvalue weighted by molar-refractivity contribution is -0.124. The number of hydrogen-bond donors (Lipinski definition) is 2. The number of rotatable bonds is 11. The van der Waals surface area contributed by atoms with Gasteiger partial charge in [-0.2, -0.15) is 5.26 Å². The molecule has 0 spiro atoms. The number of hydrogen-bond acceptors (Lipinski definition) is 8. The van der Waals surface area contributed by atoms with Crippen LogP contribution in [0.3, 0.4) is 0 Å². The van der Waals surface area contributed by atoms with Crippen molar-refractivity contribution in [1.29, 1.82) is 5.26 Å². The van der Waals surface area contributed by atoms with Crippen molar-refractivity contribution in [2.24, 2.45) is 11.8 Å². The van der Waals surface area contributed by atoms with Crippen molar-refractivity contribution in [1.82, 2.24) is 10.3 Å². The number of amides is 2. The minimum Gasteiger partial charge on any atom is -0.495 e. The van der Waals surface area contributed by atoms with E-state index in [0.29, 0.717) is 61.3 Å². The molecule has 1 heterocycles. The predicted molar refractivity (Wildman–Crippen MR) is 176 cm³/mol. The zero-order valence-electron chi connectivity index (χ0n) is 27.0. The van der Waals surface area contributed by atoms with Gasteiger partial charge in [-0.3, -0.25) is 4.79 Å². The van der Waals surface area contributed by atoms with Crippen LogP contribution >= 0.6 is 0 Å². The first-order chi connectivity index (χ1) is 22.9. The molecule has 0 unspecified atom stereocenters. The Kier molecular flexibility index (Phi) is 10.4. The van der Waals surface area contributed by atoms with E-state index in [1.807, 2.05) is 35.2 Å². The lowest BCUT2D eigenvalue weighted by Gasteiger charge is -2.36. The van der Waals surface area contributed by atoms with E-state index < -0.39 is 6.09 Å². The molecule has 3 saturated carbocycles. The summed E-state index contributed by atoms with van der Waals surface area (Å²) in [7, 11) is 1.58. The maximum Gasteiger partial charge on any atom is 0.407 e. The molecule has 2 aromatic carbocycles. The first kappa shape index (κ1) is 32.6. The van der Waals surface area contributed by atoms with E-state index in [2.05, 4.69) is 23.5 Å². The van der Waals surface area contributed by atoms with Gasteiger partial charge in [0.2, 0.25) is 5.91 Å². The first-order valence-corrected chi connectivity index (χ1v) is 17.0. The Hall–Kier alpha value is -4.36. The highest BCUT2D eigenvalue weighted by Crippen LogP contribution is 2.41. The highest BCUT2D eigenvalue weighted by atomic mass is 16.6. The van der Waals surface area contributed by atoms with Crippen molar-refractivity contribution in [2.75, 3.05) is 31.7 Å². The number of alkyl carbamates (subject to hydrolysis) is 1. The Balaban J connectivity index is 1.16. The molecule has 10 heteroatoms. The average Bonchev–Trinajstić information content (AvgIpc) is 3.85. The fourth-order valence-corrected chi connectivity index (χ4v) is 7.10. The minimum atomic E-state index is -0.529. The summed E-state index contributed by atoms with van der Waals surface area (Å²) in [5.41, 5.74) is 4.31. The van der Waals surface area contributed by atoms with Crippen LogP contribution in [0.15, 0.2) is 53.1 Å². The lowest BCUT2D eigenvalue weighted by atomic mass is 9.78. The standard InChI is InChI=1S/C37H44N4O6/c1-45-34-16-13-28(19-30(34)21-38)25-7-5-24(6-8-25)22-41(36(43)27-11-14-32(15-12-27)47-37(44)39-17-18-42)31-4-2-3-29(20-31)33-23-46-35(40-33)26-9-10-26/h2-4,13,16,19-20,23-27,32,42H,5-12,14-15,17-18,22H2,1H3,(H,39,44)/t24-,25-,27-,32-. The minimum absolute atomic E-state index is 0.111. The van der Waals surface area contributed by atoms with Gasteiger partial charge in [0, 0.05) is 36.2 Å². The Morgan fingerprint density at radius 3 is 2.49 bits per heavy atom. The number of oxazole rings is 1. The molecule has 3 aliphatic carbocycles. The highest BCUT2D eigenvalue weighted by Gasteiger charge is 2.34. The molecule has 3 fully saturated rings. The van der Waals surface area contributed by atoms with Crippen molar-refractivity contribution >= 4 is 17.7 Å². The van der Waals surface area contributed by atoms with E-state index in [9.17, 15) is 14.9 Å². The van der Waals surface area contributed by atoms with E-state index in [0.717, 1.165) is 61.4 Å². The van der Waals surface area contributed by atoms with Gasteiger partial charge in [-0.15, -0.1) is 0 Å². The monoisotopic (exact) mass is 640 g/mol. The Morgan fingerprint density at radius 1 is 1.02 bits per heavy atom. The number of carbonyl (C=O) groups excluding carboxylic acids is 2. The van der Waals surface area contributed by atoms with Crippen LogP contribution in [0.5, 0.6) is 5.75 Å². The third-order valence-electron chi connectivity index (χ3n) is 9.95. The van der Waals surface area contributed by atoms with Gasteiger partial charge in [0.05, 0.1) is 19.3 Å². The smallest absolute Gasteiger partial charge is 0.407 e. The van der Waals surface area contributed by atoms with Crippen molar-refractivity contribution in [2.45, 2.75) is 82.1 Å². The van der Waals surface area contributed by atoms with E-state index in [4.69, 9.17) is 24.0 Å². The summed E-state index contributed by atoms with van der Waals surface area (Å²) in [4.78, 5) is 33.1. The fraction of sp³-hybridized carbons (Fsp3) is 0.514. The van der Waals surface area contributed by atoms with E-state index in [1.54, 1.807) is 13.4 Å². The van der Waals surface area contributed by atoms with Crippen LogP contribution in [0.1, 0.15) is 93.1 Å². The number of benzene rings is 2. The van der Waals surface area contributed by atoms with Crippen LogP contribution in [-0.2, 0) is 9.53 Å². The normalized spacial score (nSPS) is 22.6. The summed E-state index contributed by atoms with van der Waals surface area (Å²) in [6.45, 7) is 0.643. The number of methoxy groups -OCH3 is 1. The summed E-state index contributed by atoms with van der Waals surface area (Å²) in [6.07, 6.45) is 9.67.